The van der Waals surface area contributed by atoms with Crippen LogP contribution in [-0.2, 0) is 0 Å². The van der Waals surface area contributed by atoms with Gasteiger partial charge in [-0.2, -0.15) is 0 Å². The summed E-state index contributed by atoms with van der Waals surface area (Å²) in [6.07, 6.45) is 0. The highest BCUT2D eigenvalue weighted by atomic mass is 35.5. The smallest absolute Gasteiger partial charge is 0.135 e. The Morgan fingerprint density at radius 3 is 2.85 bits per heavy atom. The lowest BCUT2D eigenvalue weighted by atomic mass is 10.2. The average molecular weight is 197 g/mol. The zero-order valence-corrected chi connectivity index (χ0v) is 8.65. The Kier molecular flexibility index (Phi) is 3.32. The number of nitrogens with zero attached hydrogens (tertiary/aromatic N) is 1. The minimum absolute atomic E-state index is 0.517. The van der Waals surface area contributed by atoms with Gasteiger partial charge in [-0.25, -0.2) is 4.98 Å². The minimum Gasteiger partial charge on any atom is -0.370 e. The SMILES string of the molecule is C=C(Cl)c1ccc(C)nc1NCC. The van der Waals surface area contributed by atoms with Crippen molar-refractivity contribution in [2.24, 2.45) is 0 Å². The van der Waals surface area contributed by atoms with Crippen molar-refractivity contribution >= 4 is 22.5 Å². The van der Waals surface area contributed by atoms with Gasteiger partial charge in [0.05, 0.1) is 0 Å². The zero-order chi connectivity index (χ0) is 9.84. The number of aromatic nitrogens is 1. The van der Waals surface area contributed by atoms with Crippen LogP contribution >= 0.6 is 11.6 Å². The molecule has 3 heteroatoms. The molecule has 0 aromatic carbocycles. The highest BCUT2D eigenvalue weighted by molar-refractivity contribution is 6.48. The van der Waals surface area contributed by atoms with E-state index in [1.807, 2.05) is 26.0 Å². The third-order valence-corrected chi connectivity index (χ3v) is 1.87. The van der Waals surface area contributed by atoms with Crippen molar-refractivity contribution in [2.75, 3.05) is 11.9 Å². The van der Waals surface area contributed by atoms with Crippen LogP contribution in [0.4, 0.5) is 5.82 Å². The summed E-state index contributed by atoms with van der Waals surface area (Å²) < 4.78 is 0. The second-order valence-electron chi connectivity index (χ2n) is 2.78. The molecule has 0 unspecified atom stereocenters. The lowest BCUT2D eigenvalue weighted by Crippen LogP contribution is -2.02. The van der Waals surface area contributed by atoms with E-state index in [4.69, 9.17) is 11.6 Å². The standard InChI is InChI=1S/C10H13ClN2/c1-4-12-10-9(8(3)11)6-5-7(2)13-10/h5-6H,3-4H2,1-2H3,(H,12,13). The molecular formula is C10H13ClN2. The minimum atomic E-state index is 0.517. The summed E-state index contributed by atoms with van der Waals surface area (Å²) >= 11 is 5.82. The molecule has 0 radical (unpaired) electrons. The van der Waals surface area contributed by atoms with Crippen LogP contribution in [0.2, 0.25) is 0 Å². The Morgan fingerprint density at radius 2 is 2.31 bits per heavy atom. The maximum atomic E-state index is 5.82. The quantitative estimate of drug-likeness (QED) is 0.804. The average Bonchev–Trinajstić information content (AvgIpc) is 2.04. The Bertz CT molecular complexity index is 321. The molecule has 70 valence electrons. The molecule has 0 bridgehead atoms. The molecule has 1 heterocycles. The van der Waals surface area contributed by atoms with Crippen LogP contribution in [0, 0.1) is 6.92 Å². The predicted octanol–water partition coefficient (Wildman–Crippen LogP) is 3.03. The largest absolute Gasteiger partial charge is 0.370 e. The van der Waals surface area contributed by atoms with Gasteiger partial charge >= 0.3 is 0 Å². The monoisotopic (exact) mass is 196 g/mol. The molecular weight excluding hydrogens is 184 g/mol. The van der Waals surface area contributed by atoms with Gasteiger partial charge in [0.1, 0.15) is 5.82 Å². The summed E-state index contributed by atoms with van der Waals surface area (Å²) in [5.74, 6) is 0.808. The first kappa shape index (κ1) is 10.1. The molecule has 1 aromatic heterocycles. The molecule has 2 nitrogen and oxygen atoms in total. The fraction of sp³-hybridized carbons (Fsp3) is 0.300. The number of hydrogen-bond donors (Lipinski definition) is 1. The van der Waals surface area contributed by atoms with E-state index in [-0.39, 0.29) is 0 Å². The highest BCUT2D eigenvalue weighted by Crippen LogP contribution is 2.23. The molecule has 13 heavy (non-hydrogen) atoms. The molecule has 0 atom stereocenters. The van der Waals surface area contributed by atoms with Gasteiger partial charge in [-0.05, 0) is 26.0 Å². The van der Waals surface area contributed by atoms with Crippen molar-refractivity contribution in [3.63, 3.8) is 0 Å². The van der Waals surface area contributed by atoms with Gasteiger partial charge in [-0.3, -0.25) is 0 Å². The van der Waals surface area contributed by atoms with E-state index >= 15 is 0 Å². The molecule has 0 amide bonds. The lowest BCUT2D eigenvalue weighted by Gasteiger charge is -2.08. The zero-order valence-electron chi connectivity index (χ0n) is 7.89. The molecule has 1 rings (SSSR count). The third kappa shape index (κ3) is 2.46. The summed E-state index contributed by atoms with van der Waals surface area (Å²) in [6, 6.07) is 3.85. The molecule has 1 N–H and O–H groups in total. The van der Waals surface area contributed by atoms with Crippen molar-refractivity contribution < 1.29 is 0 Å². The van der Waals surface area contributed by atoms with Crippen molar-refractivity contribution in [3.8, 4) is 0 Å². The Hall–Kier alpha value is -1.02. The summed E-state index contributed by atoms with van der Waals surface area (Å²) in [4.78, 5) is 4.33. The van der Waals surface area contributed by atoms with E-state index < -0.39 is 0 Å². The molecule has 0 saturated carbocycles. The van der Waals surface area contributed by atoms with Gasteiger partial charge in [0, 0.05) is 22.8 Å². The number of nitrogens with one attached hydrogen (secondary N) is 1. The van der Waals surface area contributed by atoms with E-state index in [0.717, 1.165) is 23.6 Å². The molecule has 0 aliphatic rings. The number of aryl methyl sites for hydroxylation is 1. The lowest BCUT2D eigenvalue weighted by molar-refractivity contribution is 1.12. The number of anilines is 1. The van der Waals surface area contributed by atoms with Gasteiger partial charge < -0.3 is 5.32 Å². The molecule has 0 fully saturated rings. The molecule has 0 spiro atoms. The first-order chi connectivity index (χ1) is 6.15. The van der Waals surface area contributed by atoms with E-state index in [0.29, 0.717) is 5.03 Å². The van der Waals surface area contributed by atoms with Gasteiger partial charge in [-0.15, -0.1) is 0 Å². The summed E-state index contributed by atoms with van der Waals surface area (Å²) in [5.41, 5.74) is 1.84. The fourth-order valence-electron chi connectivity index (χ4n) is 1.08. The van der Waals surface area contributed by atoms with E-state index in [9.17, 15) is 0 Å². The Labute approximate surface area is 83.6 Å². The number of halogens is 1. The van der Waals surface area contributed by atoms with E-state index in [1.54, 1.807) is 0 Å². The second-order valence-corrected chi connectivity index (χ2v) is 3.24. The maximum absolute atomic E-state index is 5.82. The first-order valence-electron chi connectivity index (χ1n) is 4.21. The molecule has 0 aliphatic carbocycles. The van der Waals surface area contributed by atoms with Crippen LogP contribution in [0.25, 0.3) is 5.03 Å². The summed E-state index contributed by atoms with van der Waals surface area (Å²) in [5, 5.41) is 3.66. The van der Waals surface area contributed by atoms with E-state index in [2.05, 4.69) is 16.9 Å². The molecule has 1 aromatic rings. The van der Waals surface area contributed by atoms with E-state index in [1.165, 1.54) is 0 Å². The Balaban J connectivity index is 3.10. The van der Waals surface area contributed by atoms with Crippen LogP contribution < -0.4 is 5.32 Å². The van der Waals surface area contributed by atoms with Crippen molar-refractivity contribution in [2.45, 2.75) is 13.8 Å². The second kappa shape index (κ2) is 4.28. The third-order valence-electron chi connectivity index (χ3n) is 1.67. The van der Waals surface area contributed by atoms with Crippen molar-refractivity contribution in [1.82, 2.24) is 4.98 Å². The predicted molar refractivity (Wildman–Crippen MR) is 58.0 cm³/mol. The van der Waals surface area contributed by atoms with Gasteiger partial charge in [0.2, 0.25) is 0 Å². The van der Waals surface area contributed by atoms with Crippen LogP contribution in [0.15, 0.2) is 18.7 Å². The van der Waals surface area contributed by atoms with Crippen molar-refractivity contribution in [1.29, 1.82) is 0 Å². The summed E-state index contributed by atoms with van der Waals surface area (Å²) in [7, 11) is 0. The maximum Gasteiger partial charge on any atom is 0.135 e. The normalized spacial score (nSPS) is 9.77. The van der Waals surface area contributed by atoms with Gasteiger partial charge in [0.15, 0.2) is 0 Å². The van der Waals surface area contributed by atoms with Crippen LogP contribution in [0.5, 0.6) is 0 Å². The number of pyridine rings is 1. The highest BCUT2D eigenvalue weighted by Gasteiger charge is 2.04. The molecule has 0 aliphatic heterocycles. The van der Waals surface area contributed by atoms with Crippen LogP contribution in [0.1, 0.15) is 18.2 Å². The number of rotatable bonds is 3. The first-order valence-corrected chi connectivity index (χ1v) is 4.59. The van der Waals surface area contributed by atoms with Crippen LogP contribution in [-0.4, -0.2) is 11.5 Å². The number of hydrogen-bond acceptors (Lipinski definition) is 2. The molecule has 0 saturated heterocycles. The van der Waals surface area contributed by atoms with Gasteiger partial charge in [0.25, 0.3) is 0 Å². The van der Waals surface area contributed by atoms with Crippen molar-refractivity contribution in [3.05, 3.63) is 30.0 Å². The van der Waals surface area contributed by atoms with Gasteiger partial charge in [-0.1, -0.05) is 18.2 Å². The Morgan fingerprint density at radius 1 is 1.62 bits per heavy atom. The van der Waals surface area contributed by atoms with Crippen LogP contribution in [0.3, 0.4) is 0 Å². The topological polar surface area (TPSA) is 24.9 Å². The fourth-order valence-corrected chi connectivity index (χ4v) is 1.23. The summed E-state index contributed by atoms with van der Waals surface area (Å²) in [6.45, 7) is 8.48.